The second kappa shape index (κ2) is 5.25. The van der Waals surface area contributed by atoms with Crippen LogP contribution in [0.3, 0.4) is 0 Å². The number of H-pyrrole nitrogens is 1. The minimum atomic E-state index is 0.239. The van der Waals surface area contributed by atoms with E-state index in [1.165, 1.54) is 37.8 Å². The van der Waals surface area contributed by atoms with Crippen LogP contribution < -0.4 is 0 Å². The molecule has 98 valence electrons. The van der Waals surface area contributed by atoms with Gasteiger partial charge in [0, 0.05) is 24.5 Å². The van der Waals surface area contributed by atoms with Crippen LogP contribution in [0.1, 0.15) is 56.3 Å². The summed E-state index contributed by atoms with van der Waals surface area (Å²) in [7, 11) is 0. The third-order valence-electron chi connectivity index (χ3n) is 4.66. The molecule has 1 heterocycles. The van der Waals surface area contributed by atoms with E-state index in [0.717, 1.165) is 31.4 Å². The van der Waals surface area contributed by atoms with Gasteiger partial charge in [-0.3, -0.25) is 4.79 Å². The number of nitrogens with zero attached hydrogens (tertiary/aromatic N) is 1. The number of Topliss-reactive ketones (excluding diaryl/α,β-unsaturated/α-hetero) is 1. The van der Waals surface area contributed by atoms with Gasteiger partial charge in [-0.05, 0) is 18.8 Å². The molecule has 3 heteroatoms. The Morgan fingerprint density at radius 2 is 2.11 bits per heavy atom. The summed E-state index contributed by atoms with van der Waals surface area (Å²) in [5.74, 6) is 1.41. The molecule has 0 aromatic carbocycles. The average Bonchev–Trinajstić information content (AvgIpc) is 2.87. The van der Waals surface area contributed by atoms with E-state index in [0.29, 0.717) is 11.7 Å². The molecule has 1 aromatic rings. The van der Waals surface area contributed by atoms with E-state index >= 15 is 0 Å². The van der Waals surface area contributed by atoms with Gasteiger partial charge in [-0.1, -0.05) is 32.1 Å². The van der Waals surface area contributed by atoms with Crippen molar-refractivity contribution < 1.29 is 4.79 Å². The van der Waals surface area contributed by atoms with Crippen LogP contribution >= 0.6 is 0 Å². The highest BCUT2D eigenvalue weighted by atomic mass is 16.1. The molecule has 1 atom stereocenters. The first-order valence-electron chi connectivity index (χ1n) is 7.37. The second-order valence-corrected chi connectivity index (χ2v) is 5.94. The second-order valence-electron chi connectivity index (χ2n) is 5.94. The molecule has 1 aromatic heterocycles. The lowest BCUT2D eigenvalue weighted by Gasteiger charge is -2.25. The fraction of sp³-hybridized carbons (Fsp3) is 0.733. The summed E-state index contributed by atoms with van der Waals surface area (Å²) in [6.07, 6.45) is 12.0. The number of rotatable bonds is 3. The van der Waals surface area contributed by atoms with Crippen LogP contribution in [0.25, 0.3) is 0 Å². The molecule has 3 rings (SSSR count). The average molecular weight is 246 g/mol. The first-order valence-corrected chi connectivity index (χ1v) is 7.37. The Labute approximate surface area is 108 Å². The van der Waals surface area contributed by atoms with Gasteiger partial charge in [0.1, 0.15) is 5.78 Å². The van der Waals surface area contributed by atoms with Crippen LogP contribution in [0.2, 0.25) is 0 Å². The highest BCUT2D eigenvalue weighted by molar-refractivity contribution is 5.81. The molecule has 0 saturated heterocycles. The molecule has 0 aliphatic heterocycles. The minimum Gasteiger partial charge on any atom is -0.348 e. The summed E-state index contributed by atoms with van der Waals surface area (Å²) in [5, 5.41) is 0. The number of hydrogen-bond donors (Lipinski definition) is 1. The third kappa shape index (κ3) is 2.50. The number of carbonyl (C=O) groups excluding carboxylic acids is 1. The van der Waals surface area contributed by atoms with Gasteiger partial charge >= 0.3 is 0 Å². The molecule has 0 radical (unpaired) electrons. The van der Waals surface area contributed by atoms with Crippen LogP contribution in [-0.4, -0.2) is 15.8 Å². The van der Waals surface area contributed by atoms with Crippen molar-refractivity contribution in [2.75, 3.05) is 0 Å². The number of aromatic nitrogens is 2. The van der Waals surface area contributed by atoms with Crippen molar-refractivity contribution in [1.82, 2.24) is 9.97 Å². The van der Waals surface area contributed by atoms with Gasteiger partial charge in [-0.2, -0.15) is 0 Å². The molecular formula is C15H22N2O. The van der Waals surface area contributed by atoms with E-state index in [9.17, 15) is 4.79 Å². The van der Waals surface area contributed by atoms with Crippen molar-refractivity contribution >= 4 is 5.78 Å². The van der Waals surface area contributed by atoms with E-state index in [2.05, 4.69) is 9.97 Å². The van der Waals surface area contributed by atoms with Gasteiger partial charge in [-0.25, -0.2) is 4.98 Å². The highest BCUT2D eigenvalue weighted by Crippen LogP contribution is 2.30. The Hall–Kier alpha value is -1.12. The van der Waals surface area contributed by atoms with E-state index in [1.807, 2.05) is 0 Å². The number of imidazole rings is 1. The fourth-order valence-electron chi connectivity index (χ4n) is 3.51. The van der Waals surface area contributed by atoms with E-state index < -0.39 is 0 Å². The van der Waals surface area contributed by atoms with E-state index in [1.54, 1.807) is 6.33 Å². The molecular weight excluding hydrogens is 224 g/mol. The van der Waals surface area contributed by atoms with Gasteiger partial charge in [0.2, 0.25) is 0 Å². The normalized spacial score (nSPS) is 24.8. The minimum absolute atomic E-state index is 0.239. The van der Waals surface area contributed by atoms with Crippen molar-refractivity contribution in [3.63, 3.8) is 0 Å². The molecule has 1 unspecified atom stereocenters. The van der Waals surface area contributed by atoms with Crippen LogP contribution in [0, 0.1) is 11.8 Å². The Morgan fingerprint density at radius 3 is 2.94 bits per heavy atom. The maximum absolute atomic E-state index is 12.4. The summed E-state index contributed by atoms with van der Waals surface area (Å²) in [6.45, 7) is 0. The van der Waals surface area contributed by atoms with Crippen molar-refractivity contribution in [2.24, 2.45) is 11.8 Å². The van der Waals surface area contributed by atoms with Crippen LogP contribution in [0.15, 0.2) is 6.33 Å². The van der Waals surface area contributed by atoms with E-state index in [4.69, 9.17) is 0 Å². The Bertz CT molecular complexity index is 418. The number of hydrogen-bond acceptors (Lipinski definition) is 2. The Balaban J connectivity index is 1.57. The molecule has 1 fully saturated rings. The molecule has 0 bridgehead atoms. The summed E-state index contributed by atoms with van der Waals surface area (Å²) >= 11 is 0. The van der Waals surface area contributed by atoms with Crippen molar-refractivity contribution in [2.45, 2.75) is 57.8 Å². The molecule has 2 aliphatic rings. The van der Waals surface area contributed by atoms with Crippen molar-refractivity contribution in [1.29, 1.82) is 0 Å². The predicted octanol–water partition coefficient (Wildman–Crippen LogP) is 3.05. The zero-order valence-electron chi connectivity index (χ0n) is 11.0. The standard InChI is InChI=1S/C15H22N2O/c18-15(8-11-4-2-1-3-5-11)12-6-7-13-14(9-12)17-10-16-13/h10-12H,1-9H2,(H,16,17). The number of ketones is 1. The number of nitrogens with one attached hydrogen (secondary N) is 1. The molecule has 3 nitrogen and oxygen atoms in total. The molecule has 0 amide bonds. The van der Waals surface area contributed by atoms with Crippen LogP contribution in [0.4, 0.5) is 0 Å². The van der Waals surface area contributed by atoms with Crippen molar-refractivity contribution in [3.05, 3.63) is 17.7 Å². The van der Waals surface area contributed by atoms with Gasteiger partial charge in [0.25, 0.3) is 0 Å². The molecule has 18 heavy (non-hydrogen) atoms. The maximum Gasteiger partial charge on any atom is 0.136 e. The topological polar surface area (TPSA) is 45.8 Å². The lowest BCUT2D eigenvalue weighted by Crippen LogP contribution is -2.25. The molecule has 1 saturated carbocycles. The first-order chi connectivity index (χ1) is 8.83. The smallest absolute Gasteiger partial charge is 0.136 e. The molecule has 0 spiro atoms. The Morgan fingerprint density at radius 1 is 1.28 bits per heavy atom. The number of aromatic amines is 1. The lowest BCUT2D eigenvalue weighted by atomic mass is 9.80. The van der Waals surface area contributed by atoms with Crippen molar-refractivity contribution in [3.8, 4) is 0 Å². The number of fused-ring (bicyclic) bond motifs is 1. The zero-order valence-corrected chi connectivity index (χ0v) is 11.0. The van der Waals surface area contributed by atoms with E-state index in [-0.39, 0.29) is 5.92 Å². The molecule has 1 N–H and O–H groups in total. The molecule has 2 aliphatic carbocycles. The summed E-state index contributed by atoms with van der Waals surface area (Å²) < 4.78 is 0. The van der Waals surface area contributed by atoms with Crippen LogP contribution in [-0.2, 0) is 17.6 Å². The maximum atomic E-state index is 12.4. The Kier molecular flexibility index (Phi) is 3.48. The zero-order chi connectivity index (χ0) is 12.4. The quantitative estimate of drug-likeness (QED) is 0.891. The fourth-order valence-corrected chi connectivity index (χ4v) is 3.51. The highest BCUT2D eigenvalue weighted by Gasteiger charge is 2.28. The summed E-state index contributed by atoms with van der Waals surface area (Å²) in [4.78, 5) is 19.9. The summed E-state index contributed by atoms with van der Waals surface area (Å²) in [5.41, 5.74) is 2.37. The number of aryl methyl sites for hydroxylation is 1. The largest absolute Gasteiger partial charge is 0.348 e. The van der Waals surface area contributed by atoms with Gasteiger partial charge < -0.3 is 4.98 Å². The SMILES string of the molecule is O=C(CC1CCCCC1)C1CCc2[nH]cnc2C1. The van der Waals surface area contributed by atoms with Gasteiger partial charge in [0.15, 0.2) is 0 Å². The number of carbonyl (C=O) groups is 1. The third-order valence-corrected chi connectivity index (χ3v) is 4.66. The van der Waals surface area contributed by atoms with Gasteiger partial charge in [0.05, 0.1) is 12.0 Å². The lowest BCUT2D eigenvalue weighted by molar-refractivity contribution is -0.124. The summed E-state index contributed by atoms with van der Waals surface area (Å²) in [6, 6.07) is 0. The van der Waals surface area contributed by atoms with Gasteiger partial charge in [-0.15, -0.1) is 0 Å². The first kappa shape index (κ1) is 11.9. The monoisotopic (exact) mass is 246 g/mol. The van der Waals surface area contributed by atoms with Crippen LogP contribution in [0.5, 0.6) is 0 Å². The predicted molar refractivity (Wildman–Crippen MR) is 70.3 cm³/mol.